The molecule has 2 aliphatic rings. The van der Waals surface area contributed by atoms with Crippen LogP contribution in [0.5, 0.6) is 11.5 Å². The highest BCUT2D eigenvalue weighted by Crippen LogP contribution is 2.42. The molecule has 334 valence electrons. The predicted molar refractivity (Wildman–Crippen MR) is 213 cm³/mol. The molecule has 1 aromatic carbocycles. The molecule has 0 aliphatic carbocycles. The van der Waals surface area contributed by atoms with Crippen LogP contribution in [0.4, 0.5) is 0 Å². The third-order valence-corrected chi connectivity index (χ3v) is 10.8. The molecule has 1 aromatic rings. The monoisotopic (exact) mass is 838 g/mol. The molecule has 2 heterocycles. The van der Waals surface area contributed by atoms with Gasteiger partial charge in [0.05, 0.1) is 19.3 Å². The predicted octanol–water partition coefficient (Wildman–Crippen LogP) is 2.88. The number of phenolic OH excluding ortho intramolecular Hbond substituents is 2. The molecule has 16 heteroatoms. The van der Waals surface area contributed by atoms with Crippen molar-refractivity contribution >= 4 is 11.9 Å². The number of carbonyl (C=O) groups is 2. The molecule has 0 amide bonds. The molecule has 16 nitrogen and oxygen atoms in total. The number of aromatic hydroxyl groups is 2. The number of rotatable bonds is 23. The van der Waals surface area contributed by atoms with E-state index in [1.165, 1.54) is 12.2 Å². The lowest BCUT2D eigenvalue weighted by Gasteiger charge is -2.47. The number of hydrogen-bond donors (Lipinski definition) is 9. The summed E-state index contributed by atoms with van der Waals surface area (Å²) in [4.78, 5) is 25.5. The number of aliphatic hydroxyl groups excluding tert-OH is 7. The summed E-state index contributed by atoms with van der Waals surface area (Å²) in [6.07, 6.45) is -1.19. The van der Waals surface area contributed by atoms with E-state index >= 15 is 0 Å². The fourth-order valence-corrected chi connectivity index (χ4v) is 6.89. The number of benzene rings is 1. The van der Waals surface area contributed by atoms with Gasteiger partial charge in [-0.25, -0.2) is 4.79 Å². The van der Waals surface area contributed by atoms with E-state index in [-0.39, 0.29) is 23.5 Å². The maximum atomic E-state index is 13.3. The first-order valence-corrected chi connectivity index (χ1v) is 20.7. The van der Waals surface area contributed by atoms with Crippen LogP contribution in [0.15, 0.2) is 48.6 Å². The number of aliphatic hydroxyl groups is 7. The summed E-state index contributed by atoms with van der Waals surface area (Å²) in [6.45, 7) is 6.16. The number of carbonyl (C=O) groups excluding carboxylic acids is 2. The molecule has 0 spiro atoms. The van der Waals surface area contributed by atoms with Gasteiger partial charge in [0, 0.05) is 24.1 Å². The van der Waals surface area contributed by atoms with Gasteiger partial charge in [-0.2, -0.15) is 0 Å². The molecule has 0 saturated carbocycles. The Kier molecular flexibility index (Phi) is 21.5. The van der Waals surface area contributed by atoms with Crippen LogP contribution in [0, 0.1) is 11.8 Å². The molecular weight excluding hydrogens is 772 g/mol. The molecule has 3 rings (SSSR count). The Morgan fingerprint density at radius 2 is 1.63 bits per heavy atom. The molecule has 0 aromatic heterocycles. The van der Waals surface area contributed by atoms with Crippen molar-refractivity contribution in [2.75, 3.05) is 13.2 Å². The molecule has 59 heavy (non-hydrogen) atoms. The highest BCUT2D eigenvalue weighted by Gasteiger charge is 2.53. The van der Waals surface area contributed by atoms with Gasteiger partial charge in [-0.3, -0.25) is 4.79 Å². The van der Waals surface area contributed by atoms with E-state index in [1.54, 1.807) is 6.08 Å². The van der Waals surface area contributed by atoms with Gasteiger partial charge in [0.2, 0.25) is 0 Å². The Bertz CT molecular complexity index is 1510. The lowest BCUT2D eigenvalue weighted by atomic mass is 9.88. The Hall–Kier alpha value is -3.42. The average molecular weight is 839 g/mol. The van der Waals surface area contributed by atoms with Gasteiger partial charge in [0.15, 0.2) is 12.4 Å². The zero-order valence-electron chi connectivity index (χ0n) is 34.5. The summed E-state index contributed by atoms with van der Waals surface area (Å²) in [5, 5.41) is 95.9. The number of esters is 2. The third-order valence-electron chi connectivity index (χ3n) is 10.8. The second-order valence-electron chi connectivity index (χ2n) is 15.4. The molecule has 9 N–H and O–H groups in total. The Morgan fingerprint density at radius 3 is 2.31 bits per heavy atom. The molecule has 2 aliphatic heterocycles. The summed E-state index contributed by atoms with van der Waals surface area (Å²) in [5.41, 5.74) is -0.235. The Labute approximate surface area is 346 Å². The van der Waals surface area contributed by atoms with E-state index in [4.69, 9.17) is 23.7 Å². The fraction of sp³-hybridized carbons (Fsp3) is 0.674. The number of unbranched alkanes of at least 4 members (excludes halogenated alkanes) is 3. The maximum Gasteiger partial charge on any atom is 0.331 e. The van der Waals surface area contributed by atoms with Gasteiger partial charge < -0.3 is 69.6 Å². The van der Waals surface area contributed by atoms with E-state index in [0.717, 1.165) is 56.7 Å². The van der Waals surface area contributed by atoms with E-state index < -0.39 is 111 Å². The van der Waals surface area contributed by atoms with Gasteiger partial charge in [-0.15, -0.1) is 0 Å². The van der Waals surface area contributed by atoms with E-state index in [1.807, 2.05) is 13.8 Å². The standard InChI is InChI=1S/C43H66O16/c1-5-7-10-18-33(49)55-24-32-36(51)37(52)38(53)43(57-32)59-40-31(23-45)56-41(35-27(22-44)20-28(46)21-30(35)48)39(54)42(40)58-34(50)19-14-9-13-17-29(47)26(4)16-12-8-11-15-25(3)6-2/h9,11,13-15,19-21,25-26,29,31-32,36-48,51-54H,5-8,10,12,16-18,22-24H2,1-4H3/b13-9+,15-11+,19-14+/t25-,26-,29+,31+,32-,36+,37-,38-,39-,40-,41-,42+,43-/m0/s1. The fourth-order valence-electron chi connectivity index (χ4n) is 6.89. The first kappa shape index (κ1) is 49.9. The van der Waals surface area contributed by atoms with Crippen molar-refractivity contribution < 1.29 is 79.2 Å². The molecule has 13 atom stereocenters. The molecular formula is C43H66O16. The highest BCUT2D eigenvalue weighted by atomic mass is 16.7. The largest absolute Gasteiger partial charge is 0.508 e. The molecule has 2 saturated heterocycles. The lowest BCUT2D eigenvalue weighted by Crippen LogP contribution is -2.64. The first-order valence-electron chi connectivity index (χ1n) is 20.7. The zero-order chi connectivity index (χ0) is 43.6. The molecule has 0 unspecified atom stereocenters. The minimum Gasteiger partial charge on any atom is -0.508 e. The average Bonchev–Trinajstić information content (AvgIpc) is 3.21. The quantitative estimate of drug-likeness (QED) is 0.0252. The SMILES string of the molecule is CCCCCC(=O)OC[C@@H]1O[C@@H](O[C@@H]2[C@H](OC(=O)/C=C/C=C/C[C@@H](O)[C@@H](C)CCC/C=C/[C@@H](C)CC)[C@@H](O)[C@H](c3c(O)cc(O)cc3CO)O[C@@H]2CO)[C@@H](O)[C@@H](O)[C@@H]1O. The minimum absolute atomic E-state index is 0.0428. The Balaban J connectivity index is 1.80. The normalized spacial score (nSPS) is 29.2. The van der Waals surface area contributed by atoms with Crippen molar-refractivity contribution in [3.63, 3.8) is 0 Å². The van der Waals surface area contributed by atoms with Crippen LogP contribution in [-0.2, 0) is 39.9 Å². The van der Waals surface area contributed by atoms with Crippen LogP contribution in [0.25, 0.3) is 0 Å². The zero-order valence-corrected chi connectivity index (χ0v) is 34.5. The Morgan fingerprint density at radius 1 is 0.881 bits per heavy atom. The number of hydrogen-bond acceptors (Lipinski definition) is 16. The summed E-state index contributed by atoms with van der Waals surface area (Å²) in [6, 6.07) is 2.06. The van der Waals surface area contributed by atoms with Gasteiger partial charge in [0.25, 0.3) is 0 Å². The van der Waals surface area contributed by atoms with Gasteiger partial charge in [0.1, 0.15) is 66.9 Å². The number of ether oxygens (including phenoxy) is 5. The van der Waals surface area contributed by atoms with Crippen molar-refractivity contribution in [1.29, 1.82) is 0 Å². The van der Waals surface area contributed by atoms with Crippen molar-refractivity contribution in [3.8, 4) is 11.5 Å². The van der Waals surface area contributed by atoms with Crippen molar-refractivity contribution in [2.45, 2.75) is 159 Å². The smallest absolute Gasteiger partial charge is 0.331 e. The summed E-state index contributed by atoms with van der Waals surface area (Å²) < 4.78 is 28.6. The van der Waals surface area contributed by atoms with Crippen LogP contribution >= 0.6 is 0 Å². The summed E-state index contributed by atoms with van der Waals surface area (Å²) in [5.74, 6) is -1.99. The van der Waals surface area contributed by atoms with Gasteiger partial charge in [-0.05, 0) is 55.6 Å². The van der Waals surface area contributed by atoms with Crippen LogP contribution < -0.4 is 0 Å². The van der Waals surface area contributed by atoms with Crippen LogP contribution in [0.3, 0.4) is 0 Å². The van der Waals surface area contributed by atoms with E-state index in [0.29, 0.717) is 18.8 Å². The first-order chi connectivity index (χ1) is 28.2. The van der Waals surface area contributed by atoms with Crippen LogP contribution in [0.2, 0.25) is 0 Å². The minimum atomic E-state index is -1.93. The molecule has 2 fully saturated rings. The van der Waals surface area contributed by atoms with Crippen LogP contribution in [-0.4, -0.2) is 132 Å². The second kappa shape index (κ2) is 25.4. The number of phenols is 2. The second-order valence-corrected chi connectivity index (χ2v) is 15.4. The van der Waals surface area contributed by atoms with Crippen molar-refractivity contribution in [2.24, 2.45) is 11.8 Å². The van der Waals surface area contributed by atoms with Gasteiger partial charge >= 0.3 is 11.9 Å². The van der Waals surface area contributed by atoms with Crippen LogP contribution in [0.1, 0.15) is 103 Å². The lowest BCUT2D eigenvalue weighted by molar-refractivity contribution is -0.343. The third kappa shape index (κ3) is 14.9. The molecule has 0 radical (unpaired) electrons. The van der Waals surface area contributed by atoms with Crippen molar-refractivity contribution in [3.05, 3.63) is 59.7 Å². The van der Waals surface area contributed by atoms with E-state index in [9.17, 15) is 55.5 Å². The topological polar surface area (TPSA) is 262 Å². The summed E-state index contributed by atoms with van der Waals surface area (Å²) in [7, 11) is 0. The summed E-state index contributed by atoms with van der Waals surface area (Å²) >= 11 is 0. The number of allylic oxidation sites excluding steroid dienone is 4. The molecule has 0 bridgehead atoms. The maximum absolute atomic E-state index is 13.3. The highest BCUT2D eigenvalue weighted by molar-refractivity contribution is 5.82. The van der Waals surface area contributed by atoms with Gasteiger partial charge in [-0.1, -0.05) is 77.3 Å². The van der Waals surface area contributed by atoms with Crippen molar-refractivity contribution in [1.82, 2.24) is 0 Å². The van der Waals surface area contributed by atoms with E-state index in [2.05, 4.69) is 26.0 Å².